The summed E-state index contributed by atoms with van der Waals surface area (Å²) in [6, 6.07) is 0. The lowest BCUT2D eigenvalue weighted by atomic mass is 10.0. The molecule has 17 nitrogen and oxygen atoms in total. The lowest BCUT2D eigenvalue weighted by Gasteiger charge is -2.21. The van der Waals surface area contributed by atoms with Crippen molar-refractivity contribution >= 4 is 39.5 Å². The van der Waals surface area contributed by atoms with Crippen LogP contribution in [0.1, 0.15) is 323 Å². The van der Waals surface area contributed by atoms with E-state index in [4.69, 9.17) is 37.0 Å². The van der Waals surface area contributed by atoms with Crippen LogP contribution < -0.4 is 0 Å². The van der Waals surface area contributed by atoms with E-state index in [0.29, 0.717) is 25.7 Å². The molecule has 3 N–H and O–H groups in total. The monoisotopic (exact) mass is 1210 g/mol. The van der Waals surface area contributed by atoms with Gasteiger partial charge in [0.25, 0.3) is 0 Å². The maximum absolute atomic E-state index is 13.0. The van der Waals surface area contributed by atoms with Crippen LogP contribution >= 0.6 is 15.6 Å². The summed E-state index contributed by atoms with van der Waals surface area (Å²) in [5.74, 6) is -2.13. The smallest absolute Gasteiger partial charge is 0.462 e. The molecular weight excluding hydrogens is 1090 g/mol. The molecule has 0 fully saturated rings. The number of carbonyl (C=O) groups is 4. The molecule has 0 spiro atoms. The van der Waals surface area contributed by atoms with Crippen molar-refractivity contribution in [3.8, 4) is 0 Å². The van der Waals surface area contributed by atoms with Gasteiger partial charge in [-0.25, -0.2) is 9.13 Å². The van der Waals surface area contributed by atoms with Crippen molar-refractivity contribution in [2.24, 2.45) is 0 Å². The second-order valence-corrected chi connectivity index (χ2v) is 25.7. The van der Waals surface area contributed by atoms with Gasteiger partial charge < -0.3 is 33.8 Å². The van der Waals surface area contributed by atoms with E-state index in [1.807, 2.05) is 0 Å². The first-order valence-electron chi connectivity index (χ1n) is 33.3. The van der Waals surface area contributed by atoms with Gasteiger partial charge in [-0.2, -0.15) is 0 Å². The SMILES string of the molecule is CCCCCCCCCCCCCCCC(=O)O[C@H](COC(=O)CCCCCCCCCCCCC)COP(=O)(O)OC[C@@H](O)COP(=O)(O)OC[C@@H](COC(=O)CCCCCCCCCC)OC(=O)CCCCCCCCCCCC. The molecule has 0 aromatic carbocycles. The van der Waals surface area contributed by atoms with Crippen LogP contribution in [-0.4, -0.2) is 96.7 Å². The first kappa shape index (κ1) is 80.1. The van der Waals surface area contributed by atoms with Crippen LogP contribution in [0.15, 0.2) is 0 Å². The van der Waals surface area contributed by atoms with Gasteiger partial charge in [0, 0.05) is 25.7 Å². The molecule has 0 bridgehead atoms. The molecule has 82 heavy (non-hydrogen) atoms. The molecule has 0 aromatic rings. The van der Waals surface area contributed by atoms with Gasteiger partial charge in [-0.3, -0.25) is 37.3 Å². The predicted octanol–water partition coefficient (Wildman–Crippen LogP) is 17.5. The number of phosphoric acid groups is 2. The molecular formula is C63H122O17P2. The average molecular weight is 1210 g/mol. The van der Waals surface area contributed by atoms with Gasteiger partial charge in [0.05, 0.1) is 26.4 Å². The van der Waals surface area contributed by atoms with E-state index in [1.165, 1.54) is 148 Å². The molecule has 19 heteroatoms. The minimum atomic E-state index is -4.94. The van der Waals surface area contributed by atoms with Crippen molar-refractivity contribution < 1.29 is 80.2 Å². The van der Waals surface area contributed by atoms with Crippen LogP contribution in [0.5, 0.6) is 0 Å². The molecule has 2 unspecified atom stereocenters. The molecule has 0 rings (SSSR count). The topological polar surface area (TPSA) is 237 Å². The van der Waals surface area contributed by atoms with E-state index in [-0.39, 0.29) is 25.7 Å². The number of phosphoric ester groups is 2. The van der Waals surface area contributed by atoms with Gasteiger partial charge in [0.1, 0.15) is 19.3 Å². The molecule has 0 radical (unpaired) electrons. The maximum Gasteiger partial charge on any atom is 0.472 e. The fourth-order valence-corrected chi connectivity index (χ4v) is 11.0. The Morgan fingerprint density at radius 1 is 0.293 bits per heavy atom. The first-order chi connectivity index (χ1) is 39.7. The van der Waals surface area contributed by atoms with E-state index in [1.54, 1.807) is 0 Å². The predicted molar refractivity (Wildman–Crippen MR) is 326 cm³/mol. The van der Waals surface area contributed by atoms with Gasteiger partial charge in [-0.15, -0.1) is 0 Å². The normalized spacial score (nSPS) is 14.2. The summed E-state index contributed by atoms with van der Waals surface area (Å²) >= 11 is 0. The van der Waals surface area contributed by atoms with Crippen LogP contribution in [-0.2, 0) is 65.4 Å². The molecule has 0 amide bonds. The number of unbranched alkanes of at least 4 members (excludes halogenated alkanes) is 38. The molecule has 0 aliphatic rings. The summed E-state index contributed by atoms with van der Waals surface area (Å²) in [6.07, 6.45) is 42.9. The Hall–Kier alpha value is -1.94. The van der Waals surface area contributed by atoms with Gasteiger partial charge in [0.15, 0.2) is 12.2 Å². The summed E-state index contributed by atoms with van der Waals surface area (Å²) in [6.45, 7) is 4.86. The molecule has 0 aromatic heterocycles. The van der Waals surface area contributed by atoms with E-state index < -0.39 is 97.5 Å². The largest absolute Gasteiger partial charge is 0.472 e. The minimum Gasteiger partial charge on any atom is -0.462 e. The lowest BCUT2D eigenvalue weighted by Crippen LogP contribution is -2.30. The number of ether oxygens (including phenoxy) is 4. The van der Waals surface area contributed by atoms with Crippen molar-refractivity contribution in [3.63, 3.8) is 0 Å². The fourth-order valence-electron chi connectivity index (χ4n) is 9.46. The summed E-state index contributed by atoms with van der Waals surface area (Å²) in [7, 11) is -9.88. The Balaban J connectivity index is 5.22. The van der Waals surface area contributed by atoms with Crippen molar-refractivity contribution in [2.75, 3.05) is 39.6 Å². The highest BCUT2D eigenvalue weighted by Gasteiger charge is 2.30. The number of hydrogen-bond acceptors (Lipinski definition) is 15. The van der Waals surface area contributed by atoms with Crippen LogP contribution in [0.2, 0.25) is 0 Å². The number of aliphatic hydroxyl groups excluding tert-OH is 1. The van der Waals surface area contributed by atoms with Crippen LogP contribution in [0.4, 0.5) is 0 Å². The van der Waals surface area contributed by atoms with Crippen LogP contribution in [0.3, 0.4) is 0 Å². The summed E-state index contributed by atoms with van der Waals surface area (Å²) < 4.78 is 67.9. The first-order valence-corrected chi connectivity index (χ1v) is 36.3. The second kappa shape index (κ2) is 58.1. The zero-order chi connectivity index (χ0) is 60.5. The Bertz CT molecular complexity index is 1590. The third-order valence-corrected chi connectivity index (χ3v) is 16.5. The van der Waals surface area contributed by atoms with E-state index >= 15 is 0 Å². The van der Waals surface area contributed by atoms with Crippen LogP contribution in [0, 0.1) is 0 Å². The number of hydrogen-bond donors (Lipinski definition) is 3. The molecule has 0 aliphatic heterocycles. The zero-order valence-electron chi connectivity index (χ0n) is 52.5. The van der Waals surface area contributed by atoms with Gasteiger partial charge >= 0.3 is 39.5 Å². The van der Waals surface area contributed by atoms with Crippen molar-refractivity contribution in [1.82, 2.24) is 0 Å². The Kier molecular flexibility index (Phi) is 56.7. The Morgan fingerprint density at radius 2 is 0.488 bits per heavy atom. The third-order valence-electron chi connectivity index (χ3n) is 14.6. The third kappa shape index (κ3) is 57.2. The molecule has 486 valence electrons. The summed E-state index contributed by atoms with van der Waals surface area (Å²) in [4.78, 5) is 72.1. The van der Waals surface area contributed by atoms with E-state index in [0.717, 1.165) is 96.3 Å². The molecule has 5 atom stereocenters. The lowest BCUT2D eigenvalue weighted by molar-refractivity contribution is -0.161. The molecule has 0 heterocycles. The van der Waals surface area contributed by atoms with E-state index in [9.17, 15) is 43.2 Å². The fraction of sp³-hybridized carbons (Fsp3) is 0.937. The molecule has 0 aliphatic carbocycles. The van der Waals surface area contributed by atoms with Gasteiger partial charge in [-0.05, 0) is 25.7 Å². The average Bonchev–Trinajstić information content (AvgIpc) is 3.45. The van der Waals surface area contributed by atoms with Gasteiger partial charge in [-0.1, -0.05) is 272 Å². The van der Waals surface area contributed by atoms with E-state index in [2.05, 4.69) is 27.7 Å². The molecule has 0 saturated heterocycles. The zero-order valence-corrected chi connectivity index (χ0v) is 54.2. The Labute approximate surface area is 498 Å². The number of rotatable bonds is 64. The van der Waals surface area contributed by atoms with Crippen molar-refractivity contribution in [1.29, 1.82) is 0 Å². The molecule has 0 saturated carbocycles. The van der Waals surface area contributed by atoms with Crippen molar-refractivity contribution in [2.45, 2.75) is 341 Å². The standard InChI is InChI=1S/C63H122O17P2/c1-5-9-13-17-21-25-28-29-31-34-38-42-46-50-63(68)80-59(54-74-61(66)48-44-40-36-33-30-26-22-18-14-10-6-2)56-78-82(71,72)76-52-57(64)51-75-81(69,70)77-55-58(53-73-60(65)47-43-39-35-24-20-16-12-8-4)79-62(67)49-45-41-37-32-27-23-19-15-11-7-3/h57-59,64H,5-56H2,1-4H3,(H,69,70)(H,71,72)/t57-,58+,59+/m0/s1. The number of esters is 4. The quantitative estimate of drug-likeness (QED) is 0.0222. The van der Waals surface area contributed by atoms with Crippen molar-refractivity contribution in [3.05, 3.63) is 0 Å². The maximum atomic E-state index is 13.0. The second-order valence-electron chi connectivity index (χ2n) is 22.8. The number of carbonyl (C=O) groups excluding carboxylic acids is 4. The minimum absolute atomic E-state index is 0.107. The number of aliphatic hydroxyl groups is 1. The summed E-state index contributed by atoms with van der Waals surface area (Å²) in [5.41, 5.74) is 0. The highest BCUT2D eigenvalue weighted by atomic mass is 31.2. The van der Waals surface area contributed by atoms with Gasteiger partial charge in [0.2, 0.25) is 0 Å². The van der Waals surface area contributed by atoms with Crippen LogP contribution in [0.25, 0.3) is 0 Å². The summed E-state index contributed by atoms with van der Waals surface area (Å²) in [5, 5.41) is 10.5. The highest BCUT2D eigenvalue weighted by Crippen LogP contribution is 2.45. The highest BCUT2D eigenvalue weighted by molar-refractivity contribution is 7.47. The Morgan fingerprint density at radius 3 is 0.720 bits per heavy atom.